The second-order valence-electron chi connectivity index (χ2n) is 6.05. The monoisotopic (exact) mass is 375 g/mol. The molecule has 0 aliphatic carbocycles. The molecule has 7 heteroatoms. The van der Waals surface area contributed by atoms with Crippen molar-refractivity contribution in [1.82, 2.24) is 4.57 Å². The Kier molecular flexibility index (Phi) is 4.80. The van der Waals surface area contributed by atoms with Crippen LogP contribution in [-0.2, 0) is 7.05 Å². The Morgan fingerprint density at radius 2 is 1.59 bits per heavy atom. The molecule has 2 N–H and O–H groups in total. The molecule has 0 saturated heterocycles. The minimum Gasteiger partial charge on any atom is -0.477 e. The van der Waals surface area contributed by atoms with Crippen LogP contribution in [0.15, 0.2) is 60.7 Å². The van der Waals surface area contributed by atoms with E-state index in [0.717, 1.165) is 0 Å². The Balaban J connectivity index is 2.25. The molecule has 2 aromatic carbocycles. The molecule has 0 aliphatic heterocycles. The Labute approximate surface area is 153 Å². The predicted octanol–water partition coefficient (Wildman–Crippen LogP) is 4.65. The fraction of sp³-hybridized carbons (Fsp3) is 0.150. The van der Waals surface area contributed by atoms with Crippen LogP contribution < -0.4 is 0 Å². The highest BCUT2D eigenvalue weighted by Crippen LogP contribution is 2.40. The smallest absolute Gasteiger partial charge is 0.418 e. The number of carboxylic acid groups (broad SMARTS) is 1. The summed E-state index contributed by atoms with van der Waals surface area (Å²) >= 11 is 0. The van der Waals surface area contributed by atoms with Crippen LogP contribution in [0.1, 0.15) is 22.2 Å². The van der Waals surface area contributed by atoms with Crippen LogP contribution in [0, 0.1) is 0 Å². The zero-order valence-electron chi connectivity index (χ0n) is 14.2. The number of carboxylic acids is 1. The normalized spacial score (nSPS) is 12.8. The minimum absolute atomic E-state index is 0.0486. The summed E-state index contributed by atoms with van der Waals surface area (Å²) in [4.78, 5) is 11.8. The van der Waals surface area contributed by atoms with E-state index in [0.29, 0.717) is 11.1 Å². The van der Waals surface area contributed by atoms with E-state index in [1.54, 1.807) is 30.3 Å². The van der Waals surface area contributed by atoms with E-state index in [1.165, 1.54) is 41.9 Å². The summed E-state index contributed by atoms with van der Waals surface area (Å²) in [6, 6.07) is 15.8. The van der Waals surface area contributed by atoms with E-state index in [9.17, 15) is 28.2 Å². The summed E-state index contributed by atoms with van der Waals surface area (Å²) in [5, 5.41) is 19.4. The molecule has 1 aromatic heterocycles. The summed E-state index contributed by atoms with van der Waals surface area (Å²) in [6.07, 6.45) is -7.50. The molecule has 3 rings (SSSR count). The van der Waals surface area contributed by atoms with Gasteiger partial charge in [-0.1, -0.05) is 54.6 Å². The lowest BCUT2D eigenvalue weighted by Crippen LogP contribution is -2.21. The van der Waals surface area contributed by atoms with Gasteiger partial charge in [0.15, 0.2) is 6.10 Å². The van der Waals surface area contributed by atoms with E-state index < -0.39 is 18.2 Å². The predicted molar refractivity (Wildman–Crippen MR) is 94.3 cm³/mol. The van der Waals surface area contributed by atoms with Crippen LogP contribution in [-0.4, -0.2) is 26.9 Å². The molecule has 0 saturated carbocycles. The fourth-order valence-electron chi connectivity index (χ4n) is 3.10. The number of hydrogen-bond donors (Lipinski definition) is 2. The number of benzene rings is 2. The van der Waals surface area contributed by atoms with Gasteiger partial charge in [0.1, 0.15) is 5.69 Å². The van der Waals surface area contributed by atoms with Crippen LogP contribution in [0.2, 0.25) is 0 Å². The zero-order chi connectivity index (χ0) is 19.8. The molecule has 0 fully saturated rings. The van der Waals surface area contributed by atoms with Crippen molar-refractivity contribution in [2.75, 3.05) is 0 Å². The van der Waals surface area contributed by atoms with E-state index in [2.05, 4.69) is 0 Å². The maximum Gasteiger partial charge on any atom is 0.418 e. The highest BCUT2D eigenvalue weighted by atomic mass is 19.4. The van der Waals surface area contributed by atoms with Gasteiger partial charge in [0, 0.05) is 23.9 Å². The largest absolute Gasteiger partial charge is 0.477 e. The molecule has 0 amide bonds. The first-order valence-electron chi connectivity index (χ1n) is 8.04. The zero-order valence-corrected chi connectivity index (χ0v) is 14.2. The van der Waals surface area contributed by atoms with Crippen molar-refractivity contribution in [2.24, 2.45) is 7.05 Å². The molecule has 0 aliphatic rings. The summed E-state index contributed by atoms with van der Waals surface area (Å²) in [7, 11) is 1.47. The summed E-state index contributed by atoms with van der Waals surface area (Å²) in [5.74, 6) is -1.20. The lowest BCUT2D eigenvalue weighted by atomic mass is 9.98. The standard InChI is InChI=1S/C20H16F3NO3/c1-24-16(13-9-5-6-10-14(13)18(25)20(21,22)23)11-15(17(24)19(26)27)12-7-3-2-4-8-12/h2-11,18,25H,1H3,(H,26,27). The molecule has 3 aromatic rings. The molecule has 1 unspecified atom stereocenters. The number of hydrogen-bond acceptors (Lipinski definition) is 2. The van der Waals surface area contributed by atoms with Crippen LogP contribution in [0.3, 0.4) is 0 Å². The number of rotatable bonds is 4. The molecule has 0 spiro atoms. The minimum atomic E-state index is -4.83. The van der Waals surface area contributed by atoms with E-state index in [-0.39, 0.29) is 22.5 Å². The lowest BCUT2D eigenvalue weighted by molar-refractivity contribution is -0.206. The van der Waals surface area contributed by atoms with Crippen molar-refractivity contribution in [2.45, 2.75) is 12.3 Å². The Morgan fingerprint density at radius 3 is 2.19 bits per heavy atom. The first-order chi connectivity index (χ1) is 12.7. The molecular weight excluding hydrogens is 359 g/mol. The number of nitrogens with zero attached hydrogens (tertiary/aromatic N) is 1. The van der Waals surface area contributed by atoms with Gasteiger partial charge in [-0.05, 0) is 17.2 Å². The molecule has 27 heavy (non-hydrogen) atoms. The second-order valence-corrected chi connectivity index (χ2v) is 6.05. The molecule has 0 bridgehead atoms. The van der Waals surface area contributed by atoms with Crippen molar-refractivity contribution in [1.29, 1.82) is 0 Å². The molecule has 1 heterocycles. The Hall–Kier alpha value is -3.06. The number of aromatic carboxylic acids is 1. The number of carbonyl (C=O) groups is 1. The Morgan fingerprint density at radius 1 is 1.00 bits per heavy atom. The maximum atomic E-state index is 13.1. The fourth-order valence-corrected chi connectivity index (χ4v) is 3.10. The average Bonchev–Trinajstić information content (AvgIpc) is 2.98. The van der Waals surface area contributed by atoms with Gasteiger partial charge in [0.25, 0.3) is 0 Å². The van der Waals surface area contributed by atoms with Crippen LogP contribution >= 0.6 is 0 Å². The van der Waals surface area contributed by atoms with Crippen LogP contribution in [0.4, 0.5) is 13.2 Å². The number of aromatic nitrogens is 1. The molecule has 1 atom stereocenters. The summed E-state index contributed by atoms with van der Waals surface area (Å²) in [6.45, 7) is 0. The highest BCUT2D eigenvalue weighted by molar-refractivity contribution is 5.97. The maximum absolute atomic E-state index is 13.1. The van der Waals surface area contributed by atoms with Gasteiger partial charge in [0.2, 0.25) is 0 Å². The highest BCUT2D eigenvalue weighted by Gasteiger charge is 2.40. The van der Waals surface area contributed by atoms with Crippen molar-refractivity contribution in [3.8, 4) is 22.4 Å². The van der Waals surface area contributed by atoms with Gasteiger partial charge in [0.05, 0.1) is 0 Å². The average molecular weight is 375 g/mol. The van der Waals surface area contributed by atoms with Crippen LogP contribution in [0.25, 0.3) is 22.4 Å². The van der Waals surface area contributed by atoms with Gasteiger partial charge < -0.3 is 14.8 Å². The molecular formula is C20H16F3NO3. The quantitative estimate of drug-likeness (QED) is 0.698. The topological polar surface area (TPSA) is 62.5 Å². The van der Waals surface area contributed by atoms with Crippen molar-refractivity contribution >= 4 is 5.97 Å². The second kappa shape index (κ2) is 6.92. The van der Waals surface area contributed by atoms with Crippen molar-refractivity contribution in [3.63, 3.8) is 0 Å². The van der Waals surface area contributed by atoms with Gasteiger partial charge in [-0.25, -0.2) is 4.79 Å². The molecule has 0 radical (unpaired) electrons. The number of halogens is 3. The number of aliphatic hydroxyl groups is 1. The SMILES string of the molecule is Cn1c(-c2ccccc2C(O)C(F)(F)F)cc(-c2ccccc2)c1C(=O)O. The number of aliphatic hydroxyl groups excluding tert-OH is 1. The third-order valence-corrected chi connectivity index (χ3v) is 4.36. The van der Waals surface area contributed by atoms with Crippen LogP contribution in [0.5, 0.6) is 0 Å². The first kappa shape index (κ1) is 18.7. The van der Waals surface area contributed by atoms with E-state index in [1.807, 2.05) is 0 Å². The first-order valence-corrected chi connectivity index (χ1v) is 8.04. The van der Waals surface area contributed by atoms with Gasteiger partial charge in [-0.2, -0.15) is 13.2 Å². The Bertz CT molecular complexity index is 978. The van der Waals surface area contributed by atoms with Gasteiger partial charge in [-0.3, -0.25) is 0 Å². The summed E-state index contributed by atoms with van der Waals surface area (Å²) < 4.78 is 40.5. The van der Waals surface area contributed by atoms with Crippen molar-refractivity contribution in [3.05, 3.63) is 71.9 Å². The lowest BCUT2D eigenvalue weighted by Gasteiger charge is -2.18. The molecule has 4 nitrogen and oxygen atoms in total. The molecule has 140 valence electrons. The number of alkyl halides is 3. The summed E-state index contributed by atoms with van der Waals surface area (Å²) in [5.41, 5.74) is 1.02. The van der Waals surface area contributed by atoms with Gasteiger partial charge >= 0.3 is 12.1 Å². The van der Waals surface area contributed by atoms with Gasteiger partial charge in [-0.15, -0.1) is 0 Å². The third-order valence-electron chi connectivity index (χ3n) is 4.36. The van der Waals surface area contributed by atoms with E-state index >= 15 is 0 Å². The van der Waals surface area contributed by atoms with E-state index in [4.69, 9.17) is 0 Å². The third kappa shape index (κ3) is 3.46. The van der Waals surface area contributed by atoms with Crippen molar-refractivity contribution < 1.29 is 28.2 Å².